The summed E-state index contributed by atoms with van der Waals surface area (Å²) in [5.74, 6) is 0.911. The largest absolute Gasteiger partial charge is 0.494 e. The zero-order valence-corrected chi connectivity index (χ0v) is 28.1. The van der Waals surface area contributed by atoms with E-state index in [2.05, 4.69) is 65.4 Å². The molecule has 7 heteroatoms. The van der Waals surface area contributed by atoms with Crippen LogP contribution < -0.4 is 9.47 Å². The number of benzene rings is 3. The average molecular weight is 643 g/mol. The third-order valence-corrected chi connectivity index (χ3v) is 8.46. The van der Waals surface area contributed by atoms with Gasteiger partial charge in [-0.05, 0) is 120 Å². The van der Waals surface area contributed by atoms with Crippen molar-refractivity contribution in [3.63, 3.8) is 0 Å². The molecule has 1 unspecified atom stereocenters. The van der Waals surface area contributed by atoms with Crippen molar-refractivity contribution in [1.82, 2.24) is 0 Å². The van der Waals surface area contributed by atoms with E-state index in [1.165, 1.54) is 11.1 Å². The molecule has 0 aliphatic carbocycles. The summed E-state index contributed by atoms with van der Waals surface area (Å²) in [6.45, 7) is 6.80. The van der Waals surface area contributed by atoms with Crippen LogP contribution in [0.25, 0.3) is 22.3 Å². The fraction of sp³-hybridized carbons (Fsp3) is 0.385. The Balaban J connectivity index is 1.33. The van der Waals surface area contributed by atoms with Crippen LogP contribution in [0.5, 0.6) is 11.5 Å². The summed E-state index contributed by atoms with van der Waals surface area (Å²) >= 11 is 1.70. The van der Waals surface area contributed by atoms with Crippen molar-refractivity contribution in [3.8, 4) is 33.8 Å². The molecule has 244 valence electrons. The van der Waals surface area contributed by atoms with E-state index in [1.807, 2.05) is 25.1 Å². The van der Waals surface area contributed by atoms with Gasteiger partial charge in [0.05, 0.1) is 19.8 Å². The van der Waals surface area contributed by atoms with Gasteiger partial charge in [0.15, 0.2) is 6.10 Å². The van der Waals surface area contributed by atoms with Gasteiger partial charge in [0, 0.05) is 6.42 Å². The van der Waals surface area contributed by atoms with E-state index in [0.717, 1.165) is 60.1 Å². The highest BCUT2D eigenvalue weighted by atomic mass is 32.1. The molecule has 1 atom stereocenters. The lowest BCUT2D eigenvalue weighted by atomic mass is 9.96. The number of carbonyl (C=O) groups excluding carboxylic acids is 2. The van der Waals surface area contributed by atoms with E-state index < -0.39 is 6.10 Å². The molecule has 4 rings (SSSR count). The molecule has 0 radical (unpaired) electrons. The normalized spacial score (nSPS) is 11.5. The molecule has 0 amide bonds. The Morgan fingerprint density at radius 1 is 0.739 bits per heavy atom. The van der Waals surface area contributed by atoms with E-state index in [-0.39, 0.29) is 18.4 Å². The topological polar surface area (TPSA) is 71.1 Å². The van der Waals surface area contributed by atoms with Gasteiger partial charge in [-0.2, -0.15) is 11.3 Å². The molecule has 1 aromatic heterocycles. The van der Waals surface area contributed by atoms with Crippen LogP contribution in [0.2, 0.25) is 0 Å². The number of hydrogen-bond donors (Lipinski definition) is 0. The molecule has 4 aromatic rings. The summed E-state index contributed by atoms with van der Waals surface area (Å²) in [7, 11) is 0. The third kappa shape index (κ3) is 10.5. The van der Waals surface area contributed by atoms with Crippen molar-refractivity contribution in [3.05, 3.63) is 94.7 Å². The Kier molecular flexibility index (Phi) is 14.2. The van der Waals surface area contributed by atoms with Gasteiger partial charge in [-0.1, -0.05) is 62.2 Å². The summed E-state index contributed by atoms with van der Waals surface area (Å²) in [6.07, 6.45) is 5.47. The minimum Gasteiger partial charge on any atom is -0.494 e. The second kappa shape index (κ2) is 18.8. The molecule has 1 heterocycles. The second-order valence-corrected chi connectivity index (χ2v) is 11.9. The van der Waals surface area contributed by atoms with Gasteiger partial charge >= 0.3 is 11.9 Å². The third-order valence-electron chi connectivity index (χ3n) is 7.78. The number of esters is 2. The highest BCUT2D eigenvalue weighted by molar-refractivity contribution is 7.08. The number of hydrogen-bond acceptors (Lipinski definition) is 7. The Hall–Kier alpha value is -4.10. The van der Waals surface area contributed by atoms with E-state index in [4.69, 9.17) is 18.9 Å². The number of rotatable bonds is 19. The molecule has 0 saturated carbocycles. The van der Waals surface area contributed by atoms with Gasteiger partial charge in [-0.3, -0.25) is 4.79 Å². The smallest absolute Gasteiger partial charge is 0.347 e. The summed E-state index contributed by atoms with van der Waals surface area (Å²) in [4.78, 5) is 24.6. The summed E-state index contributed by atoms with van der Waals surface area (Å²) in [6, 6.07) is 25.0. The summed E-state index contributed by atoms with van der Waals surface area (Å²) in [5.41, 5.74) is 6.78. The average Bonchev–Trinajstić information content (AvgIpc) is 3.62. The highest BCUT2D eigenvalue weighted by Crippen LogP contribution is 2.33. The van der Waals surface area contributed by atoms with Crippen LogP contribution in [-0.4, -0.2) is 37.9 Å². The highest BCUT2D eigenvalue weighted by Gasteiger charge is 2.22. The molecular weight excluding hydrogens is 596 g/mol. The number of thiophene rings is 1. The lowest BCUT2D eigenvalue weighted by Crippen LogP contribution is -2.29. The number of aryl methyl sites for hydroxylation is 1. The van der Waals surface area contributed by atoms with E-state index in [1.54, 1.807) is 25.2 Å². The SMILES string of the molecule is CCOC(=O)CCc1c(CCCCCCOc2cc(-c3ccccc3)cc(-c3ccsc3)c2)cccc1OC(CC)C(=O)OCC. The maximum Gasteiger partial charge on any atom is 0.347 e. The van der Waals surface area contributed by atoms with Crippen molar-refractivity contribution in [2.45, 2.75) is 78.2 Å². The van der Waals surface area contributed by atoms with Crippen molar-refractivity contribution >= 4 is 23.3 Å². The number of ether oxygens (including phenoxy) is 4. The maximum atomic E-state index is 12.4. The van der Waals surface area contributed by atoms with E-state index in [0.29, 0.717) is 38.4 Å². The molecule has 3 aromatic carbocycles. The summed E-state index contributed by atoms with van der Waals surface area (Å²) < 4.78 is 22.8. The standard InChI is InChI=1S/C39H46O6S/c1-4-36(39(41)43-6-3)45-37-19-14-18-30(35(37)20-21-38(40)42-5-2)17-10-7-8-13-23-44-34-26-32(29-15-11-9-12-16-29)25-33(27-34)31-22-24-46-28-31/h9,11-12,14-16,18-19,22,24-28,36H,4-8,10,13,17,20-21,23H2,1-3H3. The van der Waals surface area contributed by atoms with Gasteiger partial charge in [0.25, 0.3) is 0 Å². The van der Waals surface area contributed by atoms with Crippen LogP contribution >= 0.6 is 11.3 Å². The van der Waals surface area contributed by atoms with Gasteiger partial charge < -0.3 is 18.9 Å². The first-order valence-corrected chi connectivity index (χ1v) is 17.4. The number of unbranched alkanes of at least 4 members (excludes halogenated alkanes) is 3. The Morgan fingerprint density at radius 3 is 2.22 bits per heavy atom. The Bertz CT molecular complexity index is 1500. The van der Waals surface area contributed by atoms with E-state index >= 15 is 0 Å². The molecule has 0 bridgehead atoms. The first kappa shape index (κ1) is 34.8. The van der Waals surface area contributed by atoms with Crippen molar-refractivity contribution in [2.24, 2.45) is 0 Å². The predicted octanol–water partition coefficient (Wildman–Crippen LogP) is 9.48. The minimum absolute atomic E-state index is 0.238. The summed E-state index contributed by atoms with van der Waals surface area (Å²) in [5, 5.41) is 4.27. The van der Waals surface area contributed by atoms with Gasteiger partial charge in [0.2, 0.25) is 0 Å². The van der Waals surface area contributed by atoms with Crippen molar-refractivity contribution in [1.29, 1.82) is 0 Å². The zero-order chi connectivity index (χ0) is 32.6. The van der Waals surface area contributed by atoms with Crippen molar-refractivity contribution < 1.29 is 28.5 Å². The van der Waals surface area contributed by atoms with Gasteiger partial charge in [-0.15, -0.1) is 0 Å². The lowest BCUT2D eigenvalue weighted by molar-refractivity contribution is -0.151. The number of carbonyl (C=O) groups is 2. The van der Waals surface area contributed by atoms with Crippen LogP contribution in [-0.2, 0) is 31.9 Å². The monoisotopic (exact) mass is 642 g/mol. The predicted molar refractivity (Wildman–Crippen MR) is 186 cm³/mol. The Morgan fingerprint density at radius 2 is 1.50 bits per heavy atom. The Labute approximate surface area is 277 Å². The van der Waals surface area contributed by atoms with Crippen LogP contribution in [0.3, 0.4) is 0 Å². The lowest BCUT2D eigenvalue weighted by Gasteiger charge is -2.20. The molecule has 0 spiro atoms. The molecule has 6 nitrogen and oxygen atoms in total. The first-order chi connectivity index (χ1) is 22.5. The fourth-order valence-electron chi connectivity index (χ4n) is 5.42. The van der Waals surface area contributed by atoms with Crippen molar-refractivity contribution in [2.75, 3.05) is 19.8 Å². The second-order valence-electron chi connectivity index (χ2n) is 11.1. The van der Waals surface area contributed by atoms with Crippen LogP contribution in [0.15, 0.2) is 83.6 Å². The molecule has 0 aliphatic rings. The molecule has 0 N–H and O–H groups in total. The molecule has 0 aliphatic heterocycles. The molecule has 0 saturated heterocycles. The fourth-order valence-corrected chi connectivity index (χ4v) is 6.09. The zero-order valence-electron chi connectivity index (χ0n) is 27.3. The molecule has 46 heavy (non-hydrogen) atoms. The van der Waals surface area contributed by atoms with Crippen LogP contribution in [0.1, 0.15) is 70.4 Å². The van der Waals surface area contributed by atoms with Crippen LogP contribution in [0, 0.1) is 0 Å². The first-order valence-electron chi connectivity index (χ1n) is 16.5. The quantitative estimate of drug-likeness (QED) is 0.0750. The van der Waals surface area contributed by atoms with Gasteiger partial charge in [-0.25, -0.2) is 4.79 Å². The van der Waals surface area contributed by atoms with E-state index in [9.17, 15) is 9.59 Å². The molecule has 0 fully saturated rings. The minimum atomic E-state index is -0.689. The van der Waals surface area contributed by atoms with Gasteiger partial charge in [0.1, 0.15) is 11.5 Å². The van der Waals surface area contributed by atoms with Crippen LogP contribution in [0.4, 0.5) is 0 Å². The maximum absolute atomic E-state index is 12.4. The molecular formula is C39H46O6S.